The van der Waals surface area contributed by atoms with Gasteiger partial charge < -0.3 is 10.4 Å². The Morgan fingerprint density at radius 1 is 1.43 bits per heavy atom. The molecule has 1 atom stereocenters. The molecule has 0 fully saturated rings. The van der Waals surface area contributed by atoms with Crippen LogP contribution in [0.15, 0.2) is 11.4 Å². The van der Waals surface area contributed by atoms with Gasteiger partial charge in [0.15, 0.2) is 0 Å². The highest BCUT2D eigenvalue weighted by Gasteiger charge is 2.32. The Kier molecular flexibility index (Phi) is 3.20. The molecule has 4 rings (SSSR count). The van der Waals surface area contributed by atoms with Crippen LogP contribution in [0.25, 0.3) is 0 Å². The van der Waals surface area contributed by atoms with Gasteiger partial charge in [-0.25, -0.2) is 4.98 Å². The molecule has 0 aromatic carbocycles. The molecular weight excluding hydrogens is 306 g/mol. The van der Waals surface area contributed by atoms with Crippen molar-refractivity contribution in [2.75, 3.05) is 5.32 Å². The maximum Gasteiger partial charge on any atom is 0.260 e. The minimum absolute atomic E-state index is 0.134. The molecule has 1 unspecified atom stereocenters. The normalized spacial score (nSPS) is 20.9. The van der Waals surface area contributed by atoms with Crippen molar-refractivity contribution in [3.8, 4) is 0 Å². The fourth-order valence-electron chi connectivity index (χ4n) is 2.83. The fourth-order valence-corrected chi connectivity index (χ4v) is 4.78. The highest BCUT2D eigenvalue weighted by atomic mass is 32.1. The van der Waals surface area contributed by atoms with Gasteiger partial charge in [0, 0.05) is 4.88 Å². The van der Waals surface area contributed by atoms with Crippen LogP contribution in [-0.2, 0) is 19.4 Å². The predicted octanol–water partition coefficient (Wildman–Crippen LogP) is 2.43. The number of nitrogens with zero attached hydrogens (tertiary/aromatic N) is 2. The Morgan fingerprint density at radius 3 is 3.14 bits per heavy atom. The van der Waals surface area contributed by atoms with E-state index in [-0.39, 0.29) is 5.91 Å². The highest BCUT2D eigenvalue weighted by molar-refractivity contribution is 7.14. The molecular formula is C14H15N3O2S2. The molecule has 1 aliphatic carbocycles. The molecule has 0 radical (unpaired) electrons. The van der Waals surface area contributed by atoms with E-state index in [2.05, 4.69) is 10.3 Å². The van der Waals surface area contributed by atoms with Gasteiger partial charge in [-0.3, -0.25) is 9.69 Å². The minimum Gasteiger partial charge on any atom is -0.356 e. The maximum absolute atomic E-state index is 12.4. The van der Waals surface area contributed by atoms with Gasteiger partial charge in [-0.2, -0.15) is 0 Å². The van der Waals surface area contributed by atoms with E-state index in [0.29, 0.717) is 12.1 Å². The van der Waals surface area contributed by atoms with Crippen LogP contribution in [-0.4, -0.2) is 27.2 Å². The third-order valence-corrected chi connectivity index (χ3v) is 5.90. The number of carbonyl (C=O) groups is 1. The first-order valence-corrected chi connectivity index (χ1v) is 8.72. The second kappa shape index (κ2) is 5.08. The van der Waals surface area contributed by atoms with E-state index in [4.69, 9.17) is 0 Å². The quantitative estimate of drug-likeness (QED) is 0.891. The van der Waals surface area contributed by atoms with Gasteiger partial charge in [-0.15, -0.1) is 22.7 Å². The van der Waals surface area contributed by atoms with Gasteiger partial charge in [0.25, 0.3) is 5.91 Å². The van der Waals surface area contributed by atoms with E-state index in [0.717, 1.165) is 22.9 Å². The minimum atomic E-state index is -0.982. The van der Waals surface area contributed by atoms with Gasteiger partial charge in [-0.05, 0) is 37.1 Å². The summed E-state index contributed by atoms with van der Waals surface area (Å²) in [4.78, 5) is 19.9. The number of hydrogen-bond acceptors (Lipinski definition) is 6. The number of aliphatic hydroxyl groups excluding tert-OH is 1. The van der Waals surface area contributed by atoms with Crippen LogP contribution < -0.4 is 5.32 Å². The first-order chi connectivity index (χ1) is 10.2. The standard InChI is InChI=1S/C14H15N3O2S2/c18-13-8-5-6-20-12(8)16-14(19)17(13)7-11-15-9-3-1-2-4-10(9)21-11/h5-6,14,16,19H,1-4,7H2. The molecule has 2 aromatic rings. The highest BCUT2D eigenvalue weighted by Crippen LogP contribution is 2.32. The molecule has 1 amide bonds. The molecule has 2 N–H and O–H groups in total. The maximum atomic E-state index is 12.4. The molecule has 0 bridgehead atoms. The van der Waals surface area contributed by atoms with E-state index >= 15 is 0 Å². The van der Waals surface area contributed by atoms with Gasteiger partial charge in [0.1, 0.15) is 10.0 Å². The molecule has 0 saturated carbocycles. The van der Waals surface area contributed by atoms with Crippen molar-refractivity contribution < 1.29 is 9.90 Å². The smallest absolute Gasteiger partial charge is 0.260 e. The monoisotopic (exact) mass is 321 g/mol. The third kappa shape index (κ3) is 2.25. The van der Waals surface area contributed by atoms with Crippen molar-refractivity contribution in [3.05, 3.63) is 32.6 Å². The summed E-state index contributed by atoms with van der Waals surface area (Å²) in [6.45, 7) is 0.361. The summed E-state index contributed by atoms with van der Waals surface area (Å²) >= 11 is 3.11. The summed E-state index contributed by atoms with van der Waals surface area (Å²) in [5.74, 6) is -0.134. The second-order valence-corrected chi connectivity index (χ2v) is 7.38. The van der Waals surface area contributed by atoms with Gasteiger partial charge >= 0.3 is 0 Å². The second-order valence-electron chi connectivity index (χ2n) is 5.30. The zero-order valence-electron chi connectivity index (χ0n) is 11.3. The van der Waals surface area contributed by atoms with Gasteiger partial charge in [-0.1, -0.05) is 0 Å². The number of amides is 1. The number of hydrogen-bond donors (Lipinski definition) is 2. The van der Waals surface area contributed by atoms with Crippen molar-refractivity contribution >= 4 is 33.6 Å². The number of aromatic nitrogens is 1. The Balaban J connectivity index is 1.59. The van der Waals surface area contributed by atoms with Crippen LogP contribution in [0.5, 0.6) is 0 Å². The molecule has 110 valence electrons. The number of fused-ring (bicyclic) bond motifs is 2. The first-order valence-electron chi connectivity index (χ1n) is 7.03. The molecule has 7 heteroatoms. The molecule has 2 aromatic heterocycles. The number of aryl methyl sites for hydroxylation is 2. The number of carbonyl (C=O) groups excluding carboxylic acids is 1. The number of rotatable bonds is 2. The van der Waals surface area contributed by atoms with Crippen molar-refractivity contribution in [2.24, 2.45) is 0 Å². The SMILES string of the molecule is O=C1c2ccsc2NC(O)N1Cc1nc2c(s1)CCCC2. The van der Waals surface area contributed by atoms with Crippen molar-refractivity contribution in [3.63, 3.8) is 0 Å². The fraction of sp³-hybridized carbons (Fsp3) is 0.429. The van der Waals surface area contributed by atoms with E-state index < -0.39 is 6.35 Å². The summed E-state index contributed by atoms with van der Waals surface area (Å²) in [7, 11) is 0. The zero-order valence-corrected chi connectivity index (χ0v) is 13.0. The molecule has 21 heavy (non-hydrogen) atoms. The summed E-state index contributed by atoms with van der Waals surface area (Å²) < 4.78 is 0. The largest absolute Gasteiger partial charge is 0.356 e. The topological polar surface area (TPSA) is 65.5 Å². The lowest BCUT2D eigenvalue weighted by atomic mass is 10.0. The zero-order chi connectivity index (χ0) is 14.4. The number of aliphatic hydroxyl groups is 1. The van der Waals surface area contributed by atoms with Gasteiger partial charge in [0.2, 0.25) is 6.35 Å². The van der Waals surface area contributed by atoms with Gasteiger partial charge in [0.05, 0.1) is 17.8 Å². The van der Waals surface area contributed by atoms with Crippen LogP contribution in [0, 0.1) is 0 Å². The lowest BCUT2D eigenvalue weighted by Crippen LogP contribution is -2.47. The van der Waals surface area contributed by atoms with E-state index in [1.165, 1.54) is 39.6 Å². The summed E-state index contributed by atoms with van der Waals surface area (Å²) in [5.41, 5.74) is 1.82. The van der Waals surface area contributed by atoms with Crippen molar-refractivity contribution in [1.29, 1.82) is 0 Å². The van der Waals surface area contributed by atoms with Crippen LogP contribution in [0.3, 0.4) is 0 Å². The Bertz CT molecular complexity index is 671. The summed E-state index contributed by atoms with van der Waals surface area (Å²) in [6.07, 6.45) is 3.57. The van der Waals surface area contributed by atoms with Crippen LogP contribution in [0.2, 0.25) is 0 Å². The molecule has 0 saturated heterocycles. The molecule has 1 aliphatic heterocycles. The van der Waals surface area contributed by atoms with E-state index in [9.17, 15) is 9.90 Å². The Hall–Kier alpha value is -1.44. The first kappa shape index (κ1) is 13.2. The van der Waals surface area contributed by atoms with E-state index in [1.54, 1.807) is 17.4 Å². The Labute approximate surface area is 130 Å². The van der Waals surface area contributed by atoms with Crippen LogP contribution in [0.4, 0.5) is 5.00 Å². The summed E-state index contributed by atoms with van der Waals surface area (Å²) in [6, 6.07) is 1.79. The molecule has 5 nitrogen and oxygen atoms in total. The van der Waals surface area contributed by atoms with Crippen molar-refractivity contribution in [2.45, 2.75) is 38.6 Å². The number of anilines is 1. The lowest BCUT2D eigenvalue weighted by Gasteiger charge is -2.32. The Morgan fingerprint density at radius 2 is 2.29 bits per heavy atom. The average molecular weight is 321 g/mol. The molecule has 2 aliphatic rings. The van der Waals surface area contributed by atoms with Crippen molar-refractivity contribution in [1.82, 2.24) is 9.88 Å². The van der Waals surface area contributed by atoms with E-state index in [1.807, 2.05) is 5.38 Å². The predicted molar refractivity (Wildman–Crippen MR) is 82.6 cm³/mol. The number of thiophene rings is 1. The molecule has 0 spiro atoms. The number of thiazole rings is 1. The molecule has 3 heterocycles. The van der Waals surface area contributed by atoms with Crippen LogP contribution in [0.1, 0.15) is 38.8 Å². The third-order valence-electron chi connectivity index (χ3n) is 3.91. The summed E-state index contributed by atoms with van der Waals surface area (Å²) in [5, 5.41) is 16.6. The van der Waals surface area contributed by atoms with Crippen LogP contribution >= 0.6 is 22.7 Å². The lowest BCUT2D eigenvalue weighted by molar-refractivity contribution is 0.0152. The number of nitrogens with one attached hydrogen (secondary N) is 1. The average Bonchev–Trinajstić information content (AvgIpc) is 3.09.